The molecule has 0 saturated heterocycles. The molecule has 0 fully saturated rings. The third-order valence-corrected chi connectivity index (χ3v) is 3.76. The normalized spacial score (nSPS) is 10.6. The number of para-hydroxylation sites is 1. The lowest BCUT2D eigenvalue weighted by Gasteiger charge is -2.11. The molecule has 2 aromatic carbocycles. The Balaban J connectivity index is 1.80. The van der Waals surface area contributed by atoms with Crippen molar-refractivity contribution in [3.05, 3.63) is 54.1 Å². The molecule has 0 aliphatic rings. The lowest BCUT2D eigenvalue weighted by molar-refractivity contribution is 0.414. The van der Waals surface area contributed by atoms with Gasteiger partial charge in [-0.05, 0) is 36.2 Å². The molecule has 5 nitrogen and oxygen atoms in total. The van der Waals surface area contributed by atoms with Crippen LogP contribution in [0.3, 0.4) is 0 Å². The Morgan fingerprint density at radius 3 is 2.50 bits per heavy atom. The second-order valence-electron chi connectivity index (χ2n) is 5.54. The van der Waals surface area contributed by atoms with Crippen LogP contribution in [0.1, 0.15) is 18.9 Å². The minimum Gasteiger partial charge on any atom is -0.497 e. The summed E-state index contributed by atoms with van der Waals surface area (Å²) < 4.78 is 5.18. The summed E-state index contributed by atoms with van der Waals surface area (Å²) in [4.78, 5) is 9.24. The molecule has 3 rings (SSSR count). The summed E-state index contributed by atoms with van der Waals surface area (Å²) in [6.45, 7) is 3.69. The number of nitrogens with one attached hydrogen (secondary N) is 2. The van der Waals surface area contributed by atoms with Gasteiger partial charge in [0.25, 0.3) is 0 Å². The fourth-order valence-electron chi connectivity index (χ4n) is 2.46. The van der Waals surface area contributed by atoms with E-state index < -0.39 is 0 Å². The largest absolute Gasteiger partial charge is 0.497 e. The molecule has 0 unspecified atom stereocenters. The summed E-state index contributed by atoms with van der Waals surface area (Å²) in [5.74, 6) is 2.36. The SMILES string of the molecule is CCCNc1nc(NCc2ccc(OC)cc2)nc2ccccc12. The van der Waals surface area contributed by atoms with Crippen LogP contribution in [0.4, 0.5) is 11.8 Å². The predicted molar refractivity (Wildman–Crippen MR) is 98.6 cm³/mol. The molecule has 0 bridgehead atoms. The molecular weight excluding hydrogens is 300 g/mol. The van der Waals surface area contributed by atoms with Crippen LogP contribution in [0.15, 0.2) is 48.5 Å². The van der Waals surface area contributed by atoms with Gasteiger partial charge in [-0.15, -0.1) is 0 Å². The van der Waals surface area contributed by atoms with Gasteiger partial charge in [0.2, 0.25) is 5.95 Å². The van der Waals surface area contributed by atoms with Crippen LogP contribution in [-0.2, 0) is 6.54 Å². The maximum atomic E-state index is 5.18. The van der Waals surface area contributed by atoms with Crippen LogP contribution < -0.4 is 15.4 Å². The van der Waals surface area contributed by atoms with Crippen LogP contribution >= 0.6 is 0 Å². The van der Waals surface area contributed by atoms with Gasteiger partial charge < -0.3 is 15.4 Å². The zero-order valence-electron chi connectivity index (χ0n) is 14.0. The van der Waals surface area contributed by atoms with E-state index in [1.54, 1.807) is 7.11 Å². The molecule has 0 saturated carbocycles. The molecule has 3 aromatic rings. The lowest BCUT2D eigenvalue weighted by Crippen LogP contribution is -2.08. The van der Waals surface area contributed by atoms with Crippen LogP contribution in [-0.4, -0.2) is 23.6 Å². The Morgan fingerprint density at radius 2 is 1.75 bits per heavy atom. The van der Waals surface area contributed by atoms with Crippen LogP contribution in [0.25, 0.3) is 10.9 Å². The van der Waals surface area contributed by atoms with Gasteiger partial charge in [-0.2, -0.15) is 4.98 Å². The summed E-state index contributed by atoms with van der Waals surface area (Å²) in [6.07, 6.45) is 1.05. The maximum absolute atomic E-state index is 5.18. The molecule has 5 heteroatoms. The number of hydrogen-bond donors (Lipinski definition) is 2. The number of rotatable bonds is 7. The van der Waals surface area contributed by atoms with E-state index in [2.05, 4.69) is 27.5 Å². The van der Waals surface area contributed by atoms with Gasteiger partial charge in [-0.1, -0.05) is 31.2 Å². The van der Waals surface area contributed by atoms with E-state index in [4.69, 9.17) is 4.74 Å². The predicted octanol–water partition coefficient (Wildman–Crippen LogP) is 4.07. The number of aromatic nitrogens is 2. The van der Waals surface area contributed by atoms with Crippen molar-refractivity contribution in [2.45, 2.75) is 19.9 Å². The highest BCUT2D eigenvalue weighted by atomic mass is 16.5. The number of anilines is 2. The summed E-state index contributed by atoms with van der Waals surface area (Å²) in [7, 11) is 1.67. The van der Waals surface area contributed by atoms with Crippen molar-refractivity contribution in [3.63, 3.8) is 0 Å². The zero-order valence-corrected chi connectivity index (χ0v) is 14.0. The Morgan fingerprint density at radius 1 is 0.958 bits per heavy atom. The lowest BCUT2D eigenvalue weighted by atomic mass is 10.2. The fourth-order valence-corrected chi connectivity index (χ4v) is 2.46. The van der Waals surface area contributed by atoms with Gasteiger partial charge >= 0.3 is 0 Å². The molecule has 1 heterocycles. The Bertz CT molecular complexity index is 802. The first kappa shape index (κ1) is 16.1. The second-order valence-corrected chi connectivity index (χ2v) is 5.54. The number of benzene rings is 2. The molecule has 0 amide bonds. The molecule has 124 valence electrons. The molecule has 0 radical (unpaired) electrons. The van der Waals surface area contributed by atoms with E-state index in [0.29, 0.717) is 12.5 Å². The van der Waals surface area contributed by atoms with E-state index in [1.165, 1.54) is 0 Å². The number of ether oxygens (including phenoxy) is 1. The summed E-state index contributed by atoms with van der Waals surface area (Å²) >= 11 is 0. The van der Waals surface area contributed by atoms with E-state index in [1.807, 2.05) is 48.5 Å². The molecule has 0 atom stereocenters. The van der Waals surface area contributed by atoms with Gasteiger partial charge in [0, 0.05) is 18.5 Å². The molecular formula is C19H22N4O. The van der Waals surface area contributed by atoms with Crippen molar-refractivity contribution in [2.75, 3.05) is 24.3 Å². The Kier molecular flexibility index (Phi) is 5.11. The molecule has 0 aliphatic heterocycles. The number of fused-ring (bicyclic) bond motifs is 1. The van der Waals surface area contributed by atoms with E-state index >= 15 is 0 Å². The average Bonchev–Trinajstić information content (AvgIpc) is 2.64. The summed E-state index contributed by atoms with van der Waals surface area (Å²) in [5.41, 5.74) is 2.08. The first-order valence-electron chi connectivity index (χ1n) is 8.17. The van der Waals surface area contributed by atoms with Gasteiger partial charge in [0.1, 0.15) is 11.6 Å². The van der Waals surface area contributed by atoms with Crippen molar-refractivity contribution < 1.29 is 4.74 Å². The highest BCUT2D eigenvalue weighted by Gasteiger charge is 2.07. The molecule has 24 heavy (non-hydrogen) atoms. The average molecular weight is 322 g/mol. The molecule has 0 aliphatic carbocycles. The van der Waals surface area contributed by atoms with Gasteiger partial charge in [-0.25, -0.2) is 4.98 Å². The monoisotopic (exact) mass is 322 g/mol. The van der Waals surface area contributed by atoms with Crippen LogP contribution in [0.2, 0.25) is 0 Å². The van der Waals surface area contributed by atoms with E-state index in [0.717, 1.165) is 41.0 Å². The first-order chi connectivity index (χ1) is 11.8. The highest BCUT2D eigenvalue weighted by molar-refractivity contribution is 5.89. The van der Waals surface area contributed by atoms with E-state index in [-0.39, 0.29) is 0 Å². The highest BCUT2D eigenvalue weighted by Crippen LogP contribution is 2.22. The third-order valence-electron chi connectivity index (χ3n) is 3.76. The zero-order chi connectivity index (χ0) is 16.8. The molecule has 2 N–H and O–H groups in total. The Labute approximate surface area is 142 Å². The van der Waals surface area contributed by atoms with Crippen molar-refractivity contribution in [3.8, 4) is 5.75 Å². The standard InChI is InChI=1S/C19H22N4O/c1-3-12-20-18-16-6-4-5-7-17(16)22-19(23-18)21-13-14-8-10-15(24-2)11-9-14/h4-11H,3,12-13H2,1-2H3,(H2,20,21,22,23). The maximum Gasteiger partial charge on any atom is 0.225 e. The minimum absolute atomic E-state index is 0.628. The topological polar surface area (TPSA) is 59.1 Å². The molecule has 1 aromatic heterocycles. The van der Waals surface area contributed by atoms with Crippen molar-refractivity contribution in [2.24, 2.45) is 0 Å². The smallest absolute Gasteiger partial charge is 0.225 e. The Hall–Kier alpha value is -2.82. The number of methoxy groups -OCH3 is 1. The molecule has 0 spiro atoms. The second kappa shape index (κ2) is 7.64. The number of nitrogens with zero attached hydrogens (tertiary/aromatic N) is 2. The first-order valence-corrected chi connectivity index (χ1v) is 8.17. The van der Waals surface area contributed by atoms with Crippen molar-refractivity contribution >= 4 is 22.7 Å². The third kappa shape index (κ3) is 3.74. The van der Waals surface area contributed by atoms with E-state index in [9.17, 15) is 0 Å². The van der Waals surface area contributed by atoms with Crippen LogP contribution in [0, 0.1) is 0 Å². The summed E-state index contributed by atoms with van der Waals surface area (Å²) in [6, 6.07) is 16.0. The number of hydrogen-bond acceptors (Lipinski definition) is 5. The van der Waals surface area contributed by atoms with Crippen molar-refractivity contribution in [1.29, 1.82) is 0 Å². The van der Waals surface area contributed by atoms with Crippen molar-refractivity contribution in [1.82, 2.24) is 9.97 Å². The van der Waals surface area contributed by atoms with Crippen LogP contribution in [0.5, 0.6) is 5.75 Å². The van der Waals surface area contributed by atoms with Gasteiger partial charge in [-0.3, -0.25) is 0 Å². The summed E-state index contributed by atoms with van der Waals surface area (Å²) in [5, 5.41) is 7.73. The van der Waals surface area contributed by atoms with Gasteiger partial charge in [0.15, 0.2) is 0 Å². The quantitative estimate of drug-likeness (QED) is 0.686. The van der Waals surface area contributed by atoms with Gasteiger partial charge in [0.05, 0.1) is 12.6 Å². The minimum atomic E-state index is 0.628. The fraction of sp³-hybridized carbons (Fsp3) is 0.263.